The fourth-order valence-corrected chi connectivity index (χ4v) is 4.33. The molecule has 1 aliphatic rings. The summed E-state index contributed by atoms with van der Waals surface area (Å²) in [4.78, 5) is 34.5. The number of nitrogens with zero attached hydrogens (tertiary/aromatic N) is 3. The first-order valence-electron chi connectivity index (χ1n) is 13.2. The second-order valence-electron chi connectivity index (χ2n) is 9.37. The molecule has 0 bridgehead atoms. The van der Waals surface area contributed by atoms with Gasteiger partial charge in [-0.05, 0) is 30.2 Å². The van der Waals surface area contributed by atoms with Crippen LogP contribution in [0.5, 0.6) is 0 Å². The Kier molecular flexibility index (Phi) is 10.1. The first-order valence-corrected chi connectivity index (χ1v) is 13.2. The molecule has 4 rings (SSSR count). The van der Waals surface area contributed by atoms with Crippen LogP contribution in [0.4, 0.5) is 36.3 Å². The highest BCUT2D eigenvalue weighted by Gasteiger charge is 2.35. The third-order valence-corrected chi connectivity index (χ3v) is 6.45. The molecular formula is C28H32F3N7O3. The summed E-state index contributed by atoms with van der Waals surface area (Å²) >= 11 is 0. The van der Waals surface area contributed by atoms with E-state index < -0.39 is 17.7 Å². The number of carbonyl (C=O) groups is 2. The number of rotatable bonds is 11. The normalized spacial score (nSPS) is 14.7. The fourth-order valence-electron chi connectivity index (χ4n) is 4.33. The lowest BCUT2D eigenvalue weighted by Crippen LogP contribution is -2.33. The largest absolute Gasteiger partial charge is 0.421 e. The van der Waals surface area contributed by atoms with Crippen molar-refractivity contribution in [3.05, 3.63) is 71.9 Å². The van der Waals surface area contributed by atoms with E-state index in [9.17, 15) is 22.8 Å². The Hall–Kier alpha value is -4.23. The lowest BCUT2D eigenvalue weighted by molar-refractivity contribution is -0.137. The minimum Gasteiger partial charge on any atom is -0.379 e. The molecule has 2 amide bonds. The Morgan fingerprint density at radius 1 is 1.10 bits per heavy atom. The summed E-state index contributed by atoms with van der Waals surface area (Å²) in [5.74, 6) is -1.32. The number of anilines is 4. The average molecular weight is 572 g/mol. The first kappa shape index (κ1) is 29.7. The molecule has 218 valence electrons. The SMILES string of the molecule is NC[C@@H](C(=O)Nc1cccc(Nc2ncc(C(F)(F)F)c(NCCCN3CCOCCC3=O)n2)c1)c1ccccc1. The summed E-state index contributed by atoms with van der Waals surface area (Å²) in [7, 11) is 0. The average Bonchev–Trinajstić information content (AvgIpc) is 3.15. The molecule has 3 aromatic rings. The summed E-state index contributed by atoms with van der Waals surface area (Å²) in [5, 5.41) is 8.46. The maximum absolute atomic E-state index is 13.6. The van der Waals surface area contributed by atoms with Gasteiger partial charge in [0.15, 0.2) is 0 Å². The lowest BCUT2D eigenvalue weighted by Gasteiger charge is -2.20. The van der Waals surface area contributed by atoms with Crippen molar-refractivity contribution in [2.45, 2.75) is 24.9 Å². The van der Waals surface area contributed by atoms with E-state index in [1.165, 1.54) is 0 Å². The van der Waals surface area contributed by atoms with Gasteiger partial charge < -0.3 is 31.3 Å². The number of alkyl halides is 3. The van der Waals surface area contributed by atoms with Crippen molar-refractivity contribution in [3.8, 4) is 0 Å². The second-order valence-corrected chi connectivity index (χ2v) is 9.37. The number of nitrogens with two attached hydrogens (primary N) is 1. The van der Waals surface area contributed by atoms with Crippen molar-refractivity contribution in [1.82, 2.24) is 14.9 Å². The molecule has 1 fully saturated rings. The van der Waals surface area contributed by atoms with E-state index in [-0.39, 0.29) is 43.1 Å². The Bertz CT molecular complexity index is 1320. The van der Waals surface area contributed by atoms with Gasteiger partial charge in [0, 0.05) is 43.8 Å². The summed E-state index contributed by atoms with van der Waals surface area (Å²) < 4.78 is 46.2. The van der Waals surface area contributed by atoms with Gasteiger partial charge in [-0.1, -0.05) is 36.4 Å². The number of nitrogens with one attached hydrogen (secondary N) is 3. The number of hydrogen-bond acceptors (Lipinski definition) is 8. The molecule has 0 saturated carbocycles. The molecule has 0 spiro atoms. The van der Waals surface area contributed by atoms with E-state index in [4.69, 9.17) is 10.5 Å². The highest BCUT2D eigenvalue weighted by molar-refractivity contribution is 5.96. The van der Waals surface area contributed by atoms with Crippen molar-refractivity contribution >= 4 is 35.0 Å². The van der Waals surface area contributed by atoms with E-state index >= 15 is 0 Å². The second kappa shape index (κ2) is 13.9. The van der Waals surface area contributed by atoms with Gasteiger partial charge in [-0.2, -0.15) is 18.2 Å². The highest BCUT2D eigenvalue weighted by Crippen LogP contribution is 2.34. The van der Waals surface area contributed by atoms with E-state index in [1.807, 2.05) is 30.3 Å². The van der Waals surface area contributed by atoms with Crippen LogP contribution < -0.4 is 21.7 Å². The van der Waals surface area contributed by atoms with Gasteiger partial charge in [-0.3, -0.25) is 9.59 Å². The Morgan fingerprint density at radius 3 is 2.63 bits per heavy atom. The fraction of sp³-hybridized carbons (Fsp3) is 0.357. The summed E-state index contributed by atoms with van der Waals surface area (Å²) in [6.45, 7) is 1.93. The predicted octanol–water partition coefficient (Wildman–Crippen LogP) is 3.97. The summed E-state index contributed by atoms with van der Waals surface area (Å²) in [5.41, 5.74) is 6.55. The molecule has 5 N–H and O–H groups in total. The van der Waals surface area contributed by atoms with Crippen LogP contribution in [0.1, 0.15) is 29.9 Å². The predicted molar refractivity (Wildman–Crippen MR) is 149 cm³/mol. The zero-order valence-electron chi connectivity index (χ0n) is 22.3. The number of carbonyl (C=O) groups excluding carboxylic acids is 2. The van der Waals surface area contributed by atoms with Gasteiger partial charge in [0.2, 0.25) is 17.8 Å². The maximum Gasteiger partial charge on any atom is 0.421 e. The smallest absolute Gasteiger partial charge is 0.379 e. The number of halogens is 3. The zero-order chi connectivity index (χ0) is 29.2. The van der Waals surface area contributed by atoms with Crippen LogP contribution in [-0.2, 0) is 20.5 Å². The molecule has 1 aliphatic heterocycles. The van der Waals surface area contributed by atoms with Crippen molar-refractivity contribution in [1.29, 1.82) is 0 Å². The molecule has 0 unspecified atom stereocenters. The Balaban J connectivity index is 1.41. The van der Waals surface area contributed by atoms with Crippen molar-refractivity contribution < 1.29 is 27.5 Å². The summed E-state index contributed by atoms with van der Waals surface area (Å²) in [6, 6.07) is 15.8. The molecule has 10 nitrogen and oxygen atoms in total. The molecule has 0 aliphatic carbocycles. The molecular weight excluding hydrogens is 539 g/mol. The highest BCUT2D eigenvalue weighted by atomic mass is 19.4. The summed E-state index contributed by atoms with van der Waals surface area (Å²) in [6.07, 6.45) is -3.24. The third-order valence-electron chi connectivity index (χ3n) is 6.45. The van der Waals surface area contributed by atoms with Crippen molar-refractivity contribution in [3.63, 3.8) is 0 Å². The quantitative estimate of drug-likeness (QED) is 0.254. The van der Waals surface area contributed by atoms with Crippen LogP contribution in [0, 0.1) is 0 Å². The van der Waals surface area contributed by atoms with Crippen molar-refractivity contribution in [2.24, 2.45) is 5.73 Å². The number of ether oxygens (including phenoxy) is 1. The van der Waals surface area contributed by atoms with Crippen LogP contribution in [0.2, 0.25) is 0 Å². The standard InChI is InChI=1S/C28H32F3N7O3/c29-28(30,31)23-18-34-27(37-25(23)33-11-5-12-38-13-15-41-14-10-24(38)39)36-21-9-4-8-20(16-21)35-26(40)22(17-32)19-6-2-1-3-7-19/h1-4,6-9,16,18,22H,5,10-15,17,32H2,(H,35,40)(H2,33,34,36,37)/t22-/m1/s1. The van der Waals surface area contributed by atoms with Crippen LogP contribution >= 0.6 is 0 Å². The molecule has 41 heavy (non-hydrogen) atoms. The van der Waals surface area contributed by atoms with E-state index in [0.717, 1.165) is 5.56 Å². The molecule has 13 heteroatoms. The molecule has 2 heterocycles. The van der Waals surface area contributed by atoms with Gasteiger partial charge in [0.05, 0.1) is 25.6 Å². The van der Waals surface area contributed by atoms with Gasteiger partial charge in [0.25, 0.3) is 0 Å². The number of hydrogen-bond donors (Lipinski definition) is 4. The van der Waals surface area contributed by atoms with Gasteiger partial charge in [-0.25, -0.2) is 4.98 Å². The molecule has 1 saturated heterocycles. The third kappa shape index (κ3) is 8.38. The minimum absolute atomic E-state index is 0.0379. The van der Waals surface area contributed by atoms with Crippen LogP contribution in [0.3, 0.4) is 0 Å². The van der Waals surface area contributed by atoms with E-state index in [1.54, 1.807) is 29.2 Å². The lowest BCUT2D eigenvalue weighted by atomic mass is 9.98. The topological polar surface area (TPSA) is 134 Å². The minimum atomic E-state index is -4.67. The van der Waals surface area contributed by atoms with Crippen LogP contribution in [-0.4, -0.2) is 66.1 Å². The van der Waals surface area contributed by atoms with Gasteiger partial charge >= 0.3 is 6.18 Å². The number of aromatic nitrogens is 2. The maximum atomic E-state index is 13.6. The van der Waals surface area contributed by atoms with Gasteiger partial charge in [0.1, 0.15) is 11.4 Å². The first-order chi connectivity index (χ1) is 19.7. The monoisotopic (exact) mass is 571 g/mol. The molecule has 0 radical (unpaired) electrons. The molecule has 2 aromatic carbocycles. The Labute approximate surface area is 235 Å². The zero-order valence-corrected chi connectivity index (χ0v) is 22.3. The Morgan fingerprint density at radius 2 is 1.88 bits per heavy atom. The van der Waals surface area contributed by atoms with Crippen LogP contribution in [0.25, 0.3) is 0 Å². The molecule has 1 atom stereocenters. The van der Waals surface area contributed by atoms with Crippen molar-refractivity contribution in [2.75, 3.05) is 55.3 Å². The van der Waals surface area contributed by atoms with E-state index in [2.05, 4.69) is 25.9 Å². The van der Waals surface area contributed by atoms with Gasteiger partial charge in [-0.15, -0.1) is 0 Å². The van der Waals surface area contributed by atoms with Crippen LogP contribution in [0.15, 0.2) is 60.8 Å². The molecule has 1 aromatic heterocycles. The number of benzene rings is 2. The number of amides is 2. The van der Waals surface area contributed by atoms with E-state index in [0.29, 0.717) is 50.3 Å².